The van der Waals surface area contributed by atoms with E-state index in [0.29, 0.717) is 11.3 Å². The van der Waals surface area contributed by atoms with E-state index in [1.165, 1.54) is 12.8 Å². The van der Waals surface area contributed by atoms with E-state index in [4.69, 9.17) is 4.74 Å². The van der Waals surface area contributed by atoms with Crippen LogP contribution in [0.1, 0.15) is 60.8 Å². The van der Waals surface area contributed by atoms with Gasteiger partial charge in [-0.25, -0.2) is 0 Å². The first-order valence-corrected chi connectivity index (χ1v) is 6.99. The van der Waals surface area contributed by atoms with E-state index >= 15 is 0 Å². The standard InChI is InChI=1S/C15H33NO/c1-8-10-15(6,12-16-14(3,4)5)13(2)9-11-17-7/h13,16H,8-12H2,1-7H3. The van der Waals surface area contributed by atoms with Crippen molar-refractivity contribution in [3.05, 3.63) is 0 Å². The molecule has 0 bridgehead atoms. The number of hydrogen-bond donors (Lipinski definition) is 1. The van der Waals surface area contributed by atoms with Crippen molar-refractivity contribution in [1.29, 1.82) is 0 Å². The van der Waals surface area contributed by atoms with Crippen LogP contribution in [0.15, 0.2) is 0 Å². The molecule has 0 aliphatic heterocycles. The molecule has 0 aliphatic rings. The molecule has 0 rings (SSSR count). The highest BCUT2D eigenvalue weighted by atomic mass is 16.5. The Balaban J connectivity index is 4.42. The van der Waals surface area contributed by atoms with Crippen LogP contribution < -0.4 is 5.32 Å². The quantitative estimate of drug-likeness (QED) is 0.699. The van der Waals surface area contributed by atoms with Crippen LogP contribution in [0.25, 0.3) is 0 Å². The number of methoxy groups -OCH3 is 1. The lowest BCUT2D eigenvalue weighted by atomic mass is 9.73. The van der Waals surface area contributed by atoms with Crippen LogP contribution >= 0.6 is 0 Å². The van der Waals surface area contributed by atoms with Crippen molar-refractivity contribution in [3.63, 3.8) is 0 Å². The largest absolute Gasteiger partial charge is 0.385 e. The van der Waals surface area contributed by atoms with Crippen LogP contribution in [0, 0.1) is 11.3 Å². The summed E-state index contributed by atoms with van der Waals surface area (Å²) in [7, 11) is 1.79. The highest BCUT2D eigenvalue weighted by Crippen LogP contribution is 2.34. The topological polar surface area (TPSA) is 21.3 Å². The van der Waals surface area contributed by atoms with Gasteiger partial charge >= 0.3 is 0 Å². The Morgan fingerprint density at radius 1 is 1.18 bits per heavy atom. The fourth-order valence-electron chi connectivity index (χ4n) is 2.19. The molecule has 0 aromatic carbocycles. The third-order valence-electron chi connectivity index (χ3n) is 3.79. The summed E-state index contributed by atoms with van der Waals surface area (Å²) < 4.78 is 5.21. The second-order valence-electron chi connectivity index (χ2n) is 6.69. The molecule has 1 N–H and O–H groups in total. The van der Waals surface area contributed by atoms with E-state index < -0.39 is 0 Å². The molecule has 0 amide bonds. The summed E-state index contributed by atoms with van der Waals surface area (Å²) in [6, 6.07) is 0. The highest BCUT2D eigenvalue weighted by Gasteiger charge is 2.30. The summed E-state index contributed by atoms with van der Waals surface area (Å²) in [4.78, 5) is 0. The lowest BCUT2D eigenvalue weighted by molar-refractivity contribution is 0.109. The maximum atomic E-state index is 5.21. The molecule has 0 saturated heterocycles. The predicted octanol–water partition coefficient (Wildman–Crippen LogP) is 3.85. The summed E-state index contributed by atoms with van der Waals surface area (Å²) >= 11 is 0. The minimum absolute atomic E-state index is 0.204. The van der Waals surface area contributed by atoms with Gasteiger partial charge in [-0.2, -0.15) is 0 Å². The minimum atomic E-state index is 0.204. The van der Waals surface area contributed by atoms with E-state index in [9.17, 15) is 0 Å². The molecule has 2 unspecified atom stereocenters. The van der Waals surface area contributed by atoms with Crippen LogP contribution in [0.5, 0.6) is 0 Å². The SMILES string of the molecule is CCCC(C)(CNC(C)(C)C)C(C)CCOC. The molecular weight excluding hydrogens is 210 g/mol. The van der Waals surface area contributed by atoms with Crippen LogP contribution in [0.4, 0.5) is 0 Å². The monoisotopic (exact) mass is 243 g/mol. The molecule has 2 nitrogen and oxygen atoms in total. The molecule has 0 aliphatic carbocycles. The Hall–Kier alpha value is -0.0800. The molecule has 0 aromatic rings. The van der Waals surface area contributed by atoms with E-state index in [0.717, 1.165) is 19.6 Å². The smallest absolute Gasteiger partial charge is 0.0465 e. The van der Waals surface area contributed by atoms with Crippen molar-refractivity contribution in [3.8, 4) is 0 Å². The Labute approximate surface area is 109 Å². The Kier molecular flexibility index (Phi) is 7.34. The van der Waals surface area contributed by atoms with Gasteiger partial charge in [0.2, 0.25) is 0 Å². The summed E-state index contributed by atoms with van der Waals surface area (Å²) in [5.74, 6) is 0.692. The van der Waals surface area contributed by atoms with E-state index in [1.807, 2.05) is 0 Å². The van der Waals surface area contributed by atoms with Crippen molar-refractivity contribution in [2.24, 2.45) is 11.3 Å². The normalized spacial score (nSPS) is 17.8. The summed E-state index contributed by atoms with van der Waals surface area (Å²) in [6.45, 7) is 15.7. The second-order valence-corrected chi connectivity index (χ2v) is 6.69. The van der Waals surface area contributed by atoms with E-state index in [-0.39, 0.29) is 5.54 Å². The van der Waals surface area contributed by atoms with Gasteiger partial charge in [0, 0.05) is 25.8 Å². The molecular formula is C15H33NO. The zero-order valence-corrected chi connectivity index (χ0v) is 13.0. The van der Waals surface area contributed by atoms with Crippen LogP contribution in [-0.2, 0) is 4.74 Å². The maximum Gasteiger partial charge on any atom is 0.0465 e. The van der Waals surface area contributed by atoms with Crippen LogP contribution in [-0.4, -0.2) is 25.8 Å². The Bertz CT molecular complexity index is 198. The average molecular weight is 243 g/mol. The lowest BCUT2D eigenvalue weighted by Crippen LogP contribution is -2.45. The molecule has 0 saturated carbocycles. The van der Waals surface area contributed by atoms with Gasteiger partial charge in [-0.05, 0) is 44.9 Å². The summed E-state index contributed by atoms with van der Waals surface area (Å²) in [5.41, 5.74) is 0.580. The van der Waals surface area contributed by atoms with Gasteiger partial charge in [0.05, 0.1) is 0 Å². The van der Waals surface area contributed by atoms with Gasteiger partial charge in [0.1, 0.15) is 0 Å². The number of ether oxygens (including phenoxy) is 1. The zero-order chi connectivity index (χ0) is 13.5. The molecule has 0 aromatic heterocycles. The predicted molar refractivity (Wildman–Crippen MR) is 76.4 cm³/mol. The van der Waals surface area contributed by atoms with Gasteiger partial charge in [-0.15, -0.1) is 0 Å². The van der Waals surface area contributed by atoms with Gasteiger partial charge in [0.15, 0.2) is 0 Å². The maximum absolute atomic E-state index is 5.21. The van der Waals surface area contributed by atoms with Crippen molar-refractivity contribution in [2.75, 3.05) is 20.3 Å². The molecule has 0 fully saturated rings. The first-order chi connectivity index (χ1) is 7.75. The first-order valence-electron chi connectivity index (χ1n) is 6.99. The van der Waals surface area contributed by atoms with Gasteiger partial charge in [0.25, 0.3) is 0 Å². The highest BCUT2D eigenvalue weighted by molar-refractivity contribution is 4.85. The molecule has 0 heterocycles. The zero-order valence-electron chi connectivity index (χ0n) is 13.0. The number of nitrogens with one attached hydrogen (secondary N) is 1. The Morgan fingerprint density at radius 2 is 1.76 bits per heavy atom. The van der Waals surface area contributed by atoms with Crippen molar-refractivity contribution in [1.82, 2.24) is 5.32 Å². The fourth-order valence-corrected chi connectivity index (χ4v) is 2.19. The molecule has 2 atom stereocenters. The van der Waals surface area contributed by atoms with E-state index in [1.54, 1.807) is 7.11 Å². The van der Waals surface area contributed by atoms with E-state index in [2.05, 4.69) is 46.9 Å². The van der Waals surface area contributed by atoms with Gasteiger partial charge in [-0.1, -0.05) is 27.2 Å². The average Bonchev–Trinajstić information content (AvgIpc) is 2.22. The van der Waals surface area contributed by atoms with Crippen molar-refractivity contribution < 1.29 is 4.74 Å². The molecule has 0 radical (unpaired) electrons. The molecule has 104 valence electrons. The molecule has 17 heavy (non-hydrogen) atoms. The van der Waals surface area contributed by atoms with Crippen molar-refractivity contribution >= 4 is 0 Å². The lowest BCUT2D eigenvalue weighted by Gasteiger charge is -2.38. The summed E-state index contributed by atoms with van der Waals surface area (Å²) in [6.07, 6.45) is 3.68. The second kappa shape index (κ2) is 7.38. The van der Waals surface area contributed by atoms with Gasteiger partial charge in [-0.3, -0.25) is 0 Å². The first kappa shape index (κ1) is 16.9. The Morgan fingerprint density at radius 3 is 2.18 bits per heavy atom. The van der Waals surface area contributed by atoms with Crippen LogP contribution in [0.2, 0.25) is 0 Å². The van der Waals surface area contributed by atoms with Gasteiger partial charge < -0.3 is 10.1 Å². The summed E-state index contributed by atoms with van der Waals surface area (Å²) in [5, 5.41) is 3.66. The molecule has 0 spiro atoms. The minimum Gasteiger partial charge on any atom is -0.385 e. The molecule has 2 heteroatoms. The third-order valence-corrected chi connectivity index (χ3v) is 3.79. The fraction of sp³-hybridized carbons (Fsp3) is 1.00. The number of hydrogen-bond acceptors (Lipinski definition) is 2. The van der Waals surface area contributed by atoms with Crippen molar-refractivity contribution in [2.45, 2.75) is 66.3 Å². The number of rotatable bonds is 8. The third kappa shape index (κ3) is 7.05. The van der Waals surface area contributed by atoms with Crippen LogP contribution in [0.3, 0.4) is 0 Å².